The number of carbonyl (C=O) groups is 1. The Balaban J connectivity index is 1.81. The number of rotatable bonds is 5. The highest BCUT2D eigenvalue weighted by molar-refractivity contribution is 14.1. The van der Waals surface area contributed by atoms with Crippen molar-refractivity contribution in [1.82, 2.24) is 5.43 Å². The molecule has 110 valence electrons. The predicted molar refractivity (Wildman–Crippen MR) is 91.8 cm³/mol. The van der Waals surface area contributed by atoms with Crippen LogP contribution >= 0.6 is 50.1 Å². The number of furan rings is 1. The molecule has 0 saturated carbocycles. The molecule has 2 aromatic rings. The number of benzene rings is 1. The van der Waals surface area contributed by atoms with Crippen LogP contribution in [0.3, 0.4) is 0 Å². The lowest BCUT2D eigenvalue weighted by atomic mass is 10.3. The van der Waals surface area contributed by atoms with Gasteiger partial charge in [0, 0.05) is 28.7 Å². The third-order valence-electron chi connectivity index (χ3n) is 2.24. The third kappa shape index (κ3) is 5.01. The highest BCUT2D eigenvalue weighted by Gasteiger charge is 2.05. The van der Waals surface area contributed by atoms with Crippen molar-refractivity contribution < 1.29 is 13.9 Å². The van der Waals surface area contributed by atoms with Gasteiger partial charge in [-0.05, 0) is 28.1 Å². The fraction of sp³-hybridized carbons (Fsp3) is 0.0769. The number of halogens is 3. The van der Waals surface area contributed by atoms with E-state index in [1.54, 1.807) is 30.3 Å². The smallest absolute Gasteiger partial charge is 0.277 e. The number of amides is 1. The van der Waals surface area contributed by atoms with Gasteiger partial charge in [0.25, 0.3) is 5.91 Å². The number of hydrazone groups is 1. The number of hydrogen-bond donors (Lipinski definition) is 1. The van der Waals surface area contributed by atoms with Gasteiger partial charge in [-0.1, -0.05) is 23.7 Å². The minimum atomic E-state index is -0.397. The zero-order chi connectivity index (χ0) is 15.2. The number of carbonyl (C=O) groups excluding carboxylic acids is 1. The van der Waals surface area contributed by atoms with Crippen LogP contribution in [-0.2, 0) is 4.79 Å². The van der Waals surface area contributed by atoms with E-state index >= 15 is 0 Å². The van der Waals surface area contributed by atoms with Gasteiger partial charge >= 0.3 is 0 Å². The highest BCUT2D eigenvalue weighted by Crippen LogP contribution is 2.23. The third-order valence-corrected chi connectivity index (χ3v) is 4.68. The molecule has 0 spiro atoms. The number of nitrogens with one attached hydrogen (secondary N) is 1. The first-order valence-corrected chi connectivity index (χ1v) is 7.95. The molecule has 0 aliphatic carbocycles. The van der Waals surface area contributed by atoms with E-state index < -0.39 is 5.91 Å². The summed E-state index contributed by atoms with van der Waals surface area (Å²) in [5, 5.41) is 4.22. The second-order valence-electron chi connectivity index (χ2n) is 3.78. The Kier molecular flexibility index (Phi) is 6.07. The summed E-state index contributed by atoms with van der Waals surface area (Å²) in [5.41, 5.74) is 2.33. The van der Waals surface area contributed by atoms with E-state index in [2.05, 4.69) is 26.5 Å². The molecule has 0 bridgehead atoms. The summed E-state index contributed by atoms with van der Waals surface area (Å²) in [6.07, 6.45) is 1.40. The van der Waals surface area contributed by atoms with Crippen molar-refractivity contribution in [2.75, 3.05) is 6.61 Å². The van der Waals surface area contributed by atoms with Gasteiger partial charge in [0.1, 0.15) is 11.5 Å². The number of ether oxygens (including phenoxy) is 1. The molecular formula is C13H9BrClIN2O3. The summed E-state index contributed by atoms with van der Waals surface area (Å²) in [6, 6.07) is 8.66. The summed E-state index contributed by atoms with van der Waals surface area (Å²) in [6.45, 7) is -0.180. The Bertz CT molecular complexity index is 656. The van der Waals surface area contributed by atoms with Crippen molar-refractivity contribution in [2.45, 2.75) is 0 Å². The van der Waals surface area contributed by atoms with Crippen molar-refractivity contribution in [3.63, 3.8) is 0 Å². The molecule has 0 atom stereocenters. The van der Waals surface area contributed by atoms with E-state index in [1.165, 1.54) is 6.21 Å². The molecule has 5 nitrogen and oxygen atoms in total. The van der Waals surface area contributed by atoms with Gasteiger partial charge in [0.15, 0.2) is 10.4 Å². The fourth-order valence-corrected chi connectivity index (χ4v) is 2.24. The SMILES string of the molecule is O=C(COc1ccccc1Cl)N/N=C/c1cc(Br)c(I)o1. The molecule has 1 N–H and O–H groups in total. The maximum Gasteiger partial charge on any atom is 0.277 e. The lowest BCUT2D eigenvalue weighted by molar-refractivity contribution is -0.123. The maximum atomic E-state index is 11.6. The number of para-hydroxylation sites is 1. The zero-order valence-electron chi connectivity index (χ0n) is 10.5. The first kappa shape index (κ1) is 16.3. The van der Waals surface area contributed by atoms with Gasteiger partial charge in [-0.2, -0.15) is 5.10 Å². The van der Waals surface area contributed by atoms with E-state index in [-0.39, 0.29) is 6.61 Å². The average molecular weight is 483 g/mol. The predicted octanol–water partition coefficient (Wildman–Crippen LogP) is 3.83. The molecule has 0 radical (unpaired) electrons. The molecule has 1 amide bonds. The summed E-state index contributed by atoms with van der Waals surface area (Å²) in [4.78, 5) is 11.6. The lowest BCUT2D eigenvalue weighted by Gasteiger charge is -2.05. The van der Waals surface area contributed by atoms with Crippen LogP contribution in [0.15, 0.2) is 44.3 Å². The van der Waals surface area contributed by atoms with Crippen LogP contribution in [0.25, 0.3) is 0 Å². The molecule has 1 heterocycles. The quantitative estimate of drug-likeness (QED) is 0.400. The minimum absolute atomic E-state index is 0.180. The van der Waals surface area contributed by atoms with Crippen LogP contribution in [0.1, 0.15) is 5.76 Å². The molecular weight excluding hydrogens is 474 g/mol. The van der Waals surface area contributed by atoms with E-state index in [0.717, 1.165) is 4.47 Å². The van der Waals surface area contributed by atoms with Gasteiger partial charge in [-0.25, -0.2) is 5.43 Å². The van der Waals surface area contributed by atoms with Crippen molar-refractivity contribution in [1.29, 1.82) is 0 Å². The Morgan fingerprint density at radius 1 is 1.52 bits per heavy atom. The van der Waals surface area contributed by atoms with Crippen molar-refractivity contribution >= 4 is 62.2 Å². The van der Waals surface area contributed by atoms with Crippen molar-refractivity contribution in [2.24, 2.45) is 5.10 Å². The van der Waals surface area contributed by atoms with Crippen molar-refractivity contribution in [3.05, 3.63) is 49.4 Å². The molecule has 8 heteroatoms. The van der Waals surface area contributed by atoms with Gasteiger partial charge in [-0.3, -0.25) is 4.79 Å². The van der Waals surface area contributed by atoms with E-state index in [4.69, 9.17) is 20.8 Å². The van der Waals surface area contributed by atoms with Gasteiger partial charge in [0.2, 0.25) is 0 Å². The number of hydrogen-bond acceptors (Lipinski definition) is 4. The Morgan fingerprint density at radius 3 is 2.95 bits per heavy atom. The van der Waals surface area contributed by atoms with Gasteiger partial charge in [0.05, 0.1) is 15.7 Å². The first-order valence-electron chi connectivity index (χ1n) is 5.70. The monoisotopic (exact) mass is 482 g/mol. The summed E-state index contributed by atoms with van der Waals surface area (Å²) in [5.74, 6) is 0.577. The average Bonchev–Trinajstić information content (AvgIpc) is 2.77. The van der Waals surface area contributed by atoms with Crippen LogP contribution in [-0.4, -0.2) is 18.7 Å². The molecule has 21 heavy (non-hydrogen) atoms. The van der Waals surface area contributed by atoms with Gasteiger partial charge in [-0.15, -0.1) is 0 Å². The standard InChI is InChI=1S/C13H9BrClIN2O3/c14-9-5-8(21-13(9)16)6-17-18-12(19)7-20-11-4-2-1-3-10(11)15/h1-6H,7H2,(H,18,19)/b17-6+. The van der Waals surface area contributed by atoms with E-state index in [0.29, 0.717) is 20.3 Å². The highest BCUT2D eigenvalue weighted by atomic mass is 127. The number of nitrogens with zero attached hydrogens (tertiary/aromatic N) is 1. The Hall–Kier alpha value is -1.06. The van der Waals surface area contributed by atoms with E-state index in [9.17, 15) is 4.79 Å². The van der Waals surface area contributed by atoms with Crippen LogP contribution in [0.4, 0.5) is 0 Å². The Labute approximate surface area is 148 Å². The normalized spacial score (nSPS) is 10.8. The zero-order valence-corrected chi connectivity index (χ0v) is 15.0. The summed E-state index contributed by atoms with van der Waals surface area (Å²) >= 11 is 11.3. The second-order valence-corrected chi connectivity index (χ2v) is 6.02. The van der Waals surface area contributed by atoms with Gasteiger partial charge < -0.3 is 9.15 Å². The second kappa shape index (κ2) is 7.81. The fourth-order valence-electron chi connectivity index (χ4n) is 1.33. The largest absolute Gasteiger partial charge is 0.482 e. The molecule has 0 saturated heterocycles. The minimum Gasteiger partial charge on any atom is -0.482 e. The summed E-state index contributed by atoms with van der Waals surface area (Å²) < 4.78 is 12.1. The molecule has 0 aliphatic rings. The topological polar surface area (TPSA) is 63.8 Å². The van der Waals surface area contributed by atoms with Crippen LogP contribution in [0, 0.1) is 3.77 Å². The maximum absolute atomic E-state index is 11.6. The molecule has 0 unspecified atom stereocenters. The molecule has 0 fully saturated rings. The first-order chi connectivity index (χ1) is 10.1. The molecule has 1 aromatic heterocycles. The molecule has 0 aliphatic heterocycles. The van der Waals surface area contributed by atoms with Crippen LogP contribution in [0.5, 0.6) is 5.75 Å². The molecule has 1 aromatic carbocycles. The van der Waals surface area contributed by atoms with Crippen LogP contribution < -0.4 is 10.2 Å². The van der Waals surface area contributed by atoms with Crippen LogP contribution in [0.2, 0.25) is 5.02 Å². The molecule has 2 rings (SSSR count). The van der Waals surface area contributed by atoms with Crippen molar-refractivity contribution in [3.8, 4) is 5.75 Å². The lowest BCUT2D eigenvalue weighted by Crippen LogP contribution is -2.24. The van der Waals surface area contributed by atoms with E-state index in [1.807, 2.05) is 22.6 Å². The summed E-state index contributed by atoms with van der Waals surface area (Å²) in [7, 11) is 0. The Morgan fingerprint density at radius 2 is 2.29 bits per heavy atom.